The van der Waals surface area contributed by atoms with Gasteiger partial charge < -0.3 is 9.73 Å². The maximum atomic E-state index is 6.00. The van der Waals surface area contributed by atoms with E-state index in [1.54, 1.807) is 0 Å². The Morgan fingerprint density at radius 3 is 2.43 bits per heavy atom. The fourth-order valence-electron chi connectivity index (χ4n) is 3.00. The Hall–Kier alpha value is -0.800. The molecule has 0 radical (unpaired) electrons. The lowest BCUT2D eigenvalue weighted by molar-refractivity contribution is 0.224. The molecule has 21 heavy (non-hydrogen) atoms. The highest BCUT2D eigenvalue weighted by molar-refractivity contribution is 5.20. The van der Waals surface area contributed by atoms with Gasteiger partial charge in [-0.15, -0.1) is 0 Å². The quantitative estimate of drug-likeness (QED) is 0.666. The highest BCUT2D eigenvalue weighted by Gasteiger charge is 2.29. The van der Waals surface area contributed by atoms with E-state index >= 15 is 0 Å². The lowest BCUT2D eigenvalue weighted by atomic mass is 10.2. The van der Waals surface area contributed by atoms with Crippen LogP contribution in [0.4, 0.5) is 0 Å². The van der Waals surface area contributed by atoms with Crippen LogP contribution in [0, 0.1) is 18.8 Å². The van der Waals surface area contributed by atoms with Gasteiger partial charge in [-0.3, -0.25) is 4.90 Å². The molecule has 2 fully saturated rings. The van der Waals surface area contributed by atoms with Gasteiger partial charge in [0.15, 0.2) is 0 Å². The van der Waals surface area contributed by atoms with E-state index in [0.717, 1.165) is 43.0 Å². The summed E-state index contributed by atoms with van der Waals surface area (Å²) in [6.07, 6.45) is 6.92. The van der Waals surface area contributed by atoms with E-state index in [4.69, 9.17) is 4.42 Å². The Bertz CT molecular complexity index is 432. The second-order valence-corrected chi connectivity index (χ2v) is 7.05. The number of nitrogens with zero attached hydrogens (tertiary/aromatic N) is 1. The minimum absolute atomic E-state index is 0.939. The average molecular weight is 290 g/mol. The summed E-state index contributed by atoms with van der Waals surface area (Å²) in [5.41, 5.74) is 1.33. The lowest BCUT2D eigenvalue weighted by Gasteiger charge is -2.20. The van der Waals surface area contributed by atoms with E-state index in [1.165, 1.54) is 50.8 Å². The molecule has 3 nitrogen and oxygen atoms in total. The molecule has 2 aliphatic carbocycles. The molecule has 2 aliphatic rings. The molecule has 2 saturated carbocycles. The summed E-state index contributed by atoms with van der Waals surface area (Å²) in [5, 5.41) is 3.47. The smallest absolute Gasteiger partial charge is 0.118 e. The predicted molar refractivity (Wildman–Crippen MR) is 86.2 cm³/mol. The van der Waals surface area contributed by atoms with Gasteiger partial charge in [0.2, 0.25) is 0 Å². The van der Waals surface area contributed by atoms with Crippen molar-refractivity contribution in [3.05, 3.63) is 23.2 Å². The van der Waals surface area contributed by atoms with Crippen LogP contribution in [0.5, 0.6) is 0 Å². The van der Waals surface area contributed by atoms with Gasteiger partial charge >= 0.3 is 0 Å². The molecule has 0 bridgehead atoms. The monoisotopic (exact) mass is 290 g/mol. The third-order valence-electron chi connectivity index (χ3n) is 4.62. The Morgan fingerprint density at radius 2 is 1.86 bits per heavy atom. The maximum Gasteiger partial charge on any atom is 0.118 e. The molecule has 0 aromatic carbocycles. The normalized spacial score (nSPS) is 18.6. The lowest BCUT2D eigenvalue weighted by Crippen LogP contribution is -2.27. The molecule has 3 rings (SSSR count). The summed E-state index contributed by atoms with van der Waals surface area (Å²) < 4.78 is 6.00. The summed E-state index contributed by atoms with van der Waals surface area (Å²) in [6.45, 7) is 9.87. The van der Waals surface area contributed by atoms with Gasteiger partial charge in [0.25, 0.3) is 0 Å². The minimum Gasteiger partial charge on any atom is -0.465 e. The zero-order chi connectivity index (χ0) is 14.7. The van der Waals surface area contributed by atoms with Crippen molar-refractivity contribution < 1.29 is 4.42 Å². The predicted octanol–water partition coefficient (Wildman–Crippen LogP) is 3.71. The first-order valence-corrected chi connectivity index (χ1v) is 8.76. The van der Waals surface area contributed by atoms with Crippen LogP contribution < -0.4 is 5.32 Å². The standard InChI is InChI=1S/C18H30N2O/c1-3-8-19-10-17-9-18(21-14(17)2)13-20(11-15-4-5-15)12-16-6-7-16/h9,15-16,19H,3-8,10-13H2,1-2H3. The SMILES string of the molecule is CCCNCc1cc(CN(CC2CC2)CC2CC2)oc1C. The van der Waals surface area contributed by atoms with E-state index in [1.807, 2.05) is 0 Å². The molecule has 1 aromatic rings. The summed E-state index contributed by atoms with van der Waals surface area (Å²) in [7, 11) is 0. The van der Waals surface area contributed by atoms with Gasteiger partial charge in [0, 0.05) is 25.2 Å². The van der Waals surface area contributed by atoms with Crippen LogP contribution in [0.2, 0.25) is 0 Å². The van der Waals surface area contributed by atoms with Crippen molar-refractivity contribution >= 4 is 0 Å². The van der Waals surface area contributed by atoms with Gasteiger partial charge in [-0.2, -0.15) is 0 Å². The zero-order valence-corrected chi connectivity index (χ0v) is 13.7. The molecule has 1 N–H and O–H groups in total. The number of hydrogen-bond acceptors (Lipinski definition) is 3. The van der Waals surface area contributed by atoms with Crippen molar-refractivity contribution in [2.24, 2.45) is 11.8 Å². The van der Waals surface area contributed by atoms with Gasteiger partial charge in [0.1, 0.15) is 11.5 Å². The first kappa shape index (κ1) is 15.1. The van der Waals surface area contributed by atoms with Crippen molar-refractivity contribution in [2.45, 2.75) is 59.0 Å². The van der Waals surface area contributed by atoms with Crippen molar-refractivity contribution in [2.75, 3.05) is 19.6 Å². The Labute approximate surface area is 129 Å². The summed E-state index contributed by atoms with van der Waals surface area (Å²) in [5.74, 6) is 4.17. The van der Waals surface area contributed by atoms with E-state index in [0.29, 0.717) is 0 Å². The van der Waals surface area contributed by atoms with E-state index in [9.17, 15) is 0 Å². The fraction of sp³-hybridized carbons (Fsp3) is 0.778. The number of rotatable bonds is 10. The largest absolute Gasteiger partial charge is 0.465 e. The molecule has 0 unspecified atom stereocenters. The number of nitrogens with one attached hydrogen (secondary N) is 1. The van der Waals surface area contributed by atoms with E-state index < -0.39 is 0 Å². The molecule has 1 aromatic heterocycles. The molecule has 0 spiro atoms. The van der Waals surface area contributed by atoms with Gasteiger partial charge in [-0.05, 0) is 63.5 Å². The van der Waals surface area contributed by atoms with Crippen molar-refractivity contribution in [3.63, 3.8) is 0 Å². The minimum atomic E-state index is 0.939. The van der Waals surface area contributed by atoms with Crippen molar-refractivity contribution in [1.29, 1.82) is 0 Å². The Balaban J connectivity index is 1.54. The van der Waals surface area contributed by atoms with Gasteiger partial charge in [-0.25, -0.2) is 0 Å². The van der Waals surface area contributed by atoms with Crippen LogP contribution in [0.15, 0.2) is 10.5 Å². The Kier molecular flexibility index (Phi) is 5.02. The molecular formula is C18H30N2O. The molecular weight excluding hydrogens is 260 g/mol. The van der Waals surface area contributed by atoms with Crippen molar-refractivity contribution in [3.8, 4) is 0 Å². The molecule has 3 heteroatoms. The fourth-order valence-corrected chi connectivity index (χ4v) is 3.00. The number of hydrogen-bond donors (Lipinski definition) is 1. The number of aryl methyl sites for hydroxylation is 1. The molecule has 1 heterocycles. The molecule has 0 atom stereocenters. The average Bonchev–Trinajstić information content (AvgIpc) is 3.35. The molecule has 0 amide bonds. The highest BCUT2D eigenvalue weighted by Crippen LogP contribution is 2.34. The van der Waals surface area contributed by atoms with Crippen LogP contribution in [-0.2, 0) is 13.1 Å². The van der Waals surface area contributed by atoms with E-state index in [-0.39, 0.29) is 0 Å². The van der Waals surface area contributed by atoms with Crippen LogP contribution in [0.25, 0.3) is 0 Å². The van der Waals surface area contributed by atoms with Crippen LogP contribution in [0.1, 0.15) is 56.1 Å². The molecule has 0 aliphatic heterocycles. The van der Waals surface area contributed by atoms with Gasteiger partial charge in [0.05, 0.1) is 6.54 Å². The number of furan rings is 1. The molecule has 0 saturated heterocycles. The van der Waals surface area contributed by atoms with Crippen LogP contribution >= 0.6 is 0 Å². The molecule has 118 valence electrons. The Morgan fingerprint density at radius 1 is 1.19 bits per heavy atom. The summed E-state index contributed by atoms with van der Waals surface area (Å²) in [4.78, 5) is 2.64. The van der Waals surface area contributed by atoms with E-state index in [2.05, 4.69) is 30.1 Å². The first-order chi connectivity index (χ1) is 10.2. The van der Waals surface area contributed by atoms with Gasteiger partial charge in [-0.1, -0.05) is 6.92 Å². The van der Waals surface area contributed by atoms with Crippen molar-refractivity contribution in [1.82, 2.24) is 10.2 Å². The first-order valence-electron chi connectivity index (χ1n) is 8.76. The highest BCUT2D eigenvalue weighted by atomic mass is 16.3. The van der Waals surface area contributed by atoms with Crippen LogP contribution in [0.3, 0.4) is 0 Å². The van der Waals surface area contributed by atoms with Crippen LogP contribution in [-0.4, -0.2) is 24.5 Å². The third-order valence-corrected chi connectivity index (χ3v) is 4.62. The maximum absolute atomic E-state index is 6.00. The zero-order valence-electron chi connectivity index (χ0n) is 13.7. The third kappa shape index (κ3) is 4.86. The second-order valence-electron chi connectivity index (χ2n) is 7.05. The summed E-state index contributed by atoms with van der Waals surface area (Å²) in [6, 6.07) is 2.27. The topological polar surface area (TPSA) is 28.4 Å². The second kappa shape index (κ2) is 6.97. The summed E-state index contributed by atoms with van der Waals surface area (Å²) >= 11 is 0.